The zero-order valence-corrected chi connectivity index (χ0v) is 17.4. The summed E-state index contributed by atoms with van der Waals surface area (Å²) in [4.78, 5) is 21.1. The molecule has 7 heteroatoms. The minimum absolute atomic E-state index is 0.146. The van der Waals surface area contributed by atoms with Gasteiger partial charge in [-0.3, -0.25) is 14.8 Å². The molecule has 0 saturated heterocycles. The Balaban J connectivity index is 1.76. The Morgan fingerprint density at radius 3 is 2.70 bits per heavy atom. The molecule has 0 aliphatic carbocycles. The van der Waals surface area contributed by atoms with Gasteiger partial charge in [0.25, 0.3) is 5.91 Å². The molecule has 0 radical (unpaired) electrons. The first-order chi connectivity index (χ1) is 14.5. The van der Waals surface area contributed by atoms with Crippen molar-refractivity contribution in [3.8, 4) is 11.5 Å². The van der Waals surface area contributed by atoms with Crippen molar-refractivity contribution in [2.45, 2.75) is 39.2 Å². The summed E-state index contributed by atoms with van der Waals surface area (Å²) in [5.41, 5.74) is 1.68. The number of nitrogens with one attached hydrogen (secondary N) is 1. The van der Waals surface area contributed by atoms with Gasteiger partial charge in [-0.25, -0.2) is 4.39 Å². The highest BCUT2D eigenvalue weighted by Gasteiger charge is 2.18. The van der Waals surface area contributed by atoms with Gasteiger partial charge >= 0.3 is 0 Å². The normalized spacial score (nSPS) is 11.9. The smallest absolute Gasteiger partial charge is 0.254 e. The Labute approximate surface area is 175 Å². The number of fused-ring (bicyclic) bond motifs is 1. The van der Waals surface area contributed by atoms with Crippen molar-refractivity contribution in [3.05, 3.63) is 59.7 Å². The van der Waals surface area contributed by atoms with Gasteiger partial charge in [0.05, 0.1) is 30.8 Å². The molecule has 1 atom stereocenters. The number of hydrogen-bond donors (Lipinski definition) is 1. The summed E-state index contributed by atoms with van der Waals surface area (Å²) in [7, 11) is 1.58. The lowest BCUT2D eigenvalue weighted by atomic mass is 10.1. The Kier molecular flexibility index (Phi) is 7.17. The molecule has 3 rings (SSSR count). The van der Waals surface area contributed by atoms with Crippen LogP contribution in [-0.2, 0) is 0 Å². The highest BCUT2D eigenvalue weighted by atomic mass is 19.1. The Morgan fingerprint density at radius 1 is 1.13 bits per heavy atom. The zero-order chi connectivity index (χ0) is 21.5. The fourth-order valence-corrected chi connectivity index (χ4v) is 3.18. The summed E-state index contributed by atoms with van der Waals surface area (Å²) < 4.78 is 25.2. The number of rotatable bonds is 9. The number of halogens is 1. The zero-order valence-electron chi connectivity index (χ0n) is 17.4. The van der Waals surface area contributed by atoms with E-state index in [1.807, 2.05) is 25.1 Å². The van der Waals surface area contributed by atoms with E-state index >= 15 is 0 Å². The molecule has 158 valence electrons. The summed E-state index contributed by atoms with van der Waals surface area (Å²) in [5, 5.41) is 2.89. The Morgan fingerprint density at radius 2 is 1.93 bits per heavy atom. The quantitative estimate of drug-likeness (QED) is 0.510. The van der Waals surface area contributed by atoms with Gasteiger partial charge in [0.2, 0.25) is 0 Å². The van der Waals surface area contributed by atoms with Crippen LogP contribution in [0.25, 0.3) is 11.0 Å². The van der Waals surface area contributed by atoms with E-state index in [9.17, 15) is 9.18 Å². The second-order valence-corrected chi connectivity index (χ2v) is 7.04. The fraction of sp³-hybridized carbons (Fsp3) is 0.348. The van der Waals surface area contributed by atoms with Crippen LogP contribution in [0.2, 0.25) is 0 Å². The molecular weight excluding hydrogens is 385 g/mol. The van der Waals surface area contributed by atoms with Crippen molar-refractivity contribution < 1.29 is 18.7 Å². The van der Waals surface area contributed by atoms with Gasteiger partial charge < -0.3 is 14.8 Å². The predicted octanol–water partition coefficient (Wildman–Crippen LogP) is 4.84. The van der Waals surface area contributed by atoms with E-state index in [0.29, 0.717) is 29.1 Å². The van der Waals surface area contributed by atoms with E-state index < -0.39 is 11.7 Å². The first kappa shape index (κ1) is 21.5. The van der Waals surface area contributed by atoms with E-state index in [4.69, 9.17) is 9.47 Å². The lowest BCUT2D eigenvalue weighted by Gasteiger charge is -2.17. The highest BCUT2D eigenvalue weighted by molar-refractivity contribution is 6.04. The monoisotopic (exact) mass is 411 g/mol. The molecule has 0 spiro atoms. The van der Waals surface area contributed by atoms with E-state index in [2.05, 4.69) is 22.2 Å². The van der Waals surface area contributed by atoms with Gasteiger partial charge in [-0.2, -0.15) is 0 Å². The molecule has 0 saturated carbocycles. The number of carbonyl (C=O) groups is 1. The number of carbonyl (C=O) groups excluding carboxylic acids is 1. The molecule has 30 heavy (non-hydrogen) atoms. The lowest BCUT2D eigenvalue weighted by Crippen LogP contribution is -2.27. The number of ether oxygens (including phenoxy) is 2. The average Bonchev–Trinajstić information content (AvgIpc) is 2.76. The molecule has 2 aromatic carbocycles. The van der Waals surface area contributed by atoms with Crippen molar-refractivity contribution in [2.24, 2.45) is 0 Å². The van der Waals surface area contributed by atoms with Crippen LogP contribution in [0.3, 0.4) is 0 Å². The van der Waals surface area contributed by atoms with Crippen molar-refractivity contribution in [1.82, 2.24) is 15.3 Å². The SMILES string of the molecule is CCCCCOc1ccc(C(C)NC(=O)c2cc(F)cc3nccnc23)cc1OC. The minimum Gasteiger partial charge on any atom is -0.493 e. The first-order valence-electron chi connectivity index (χ1n) is 10.0. The third kappa shape index (κ3) is 5.03. The van der Waals surface area contributed by atoms with Crippen LogP contribution < -0.4 is 14.8 Å². The molecule has 3 aromatic rings. The van der Waals surface area contributed by atoms with Gasteiger partial charge in [-0.1, -0.05) is 25.8 Å². The van der Waals surface area contributed by atoms with E-state index in [0.717, 1.165) is 24.8 Å². The number of amides is 1. The van der Waals surface area contributed by atoms with Crippen LogP contribution in [0, 0.1) is 5.82 Å². The maximum Gasteiger partial charge on any atom is 0.254 e. The maximum absolute atomic E-state index is 13.9. The molecule has 1 aromatic heterocycles. The molecule has 1 heterocycles. The summed E-state index contributed by atoms with van der Waals surface area (Å²) >= 11 is 0. The third-order valence-electron chi connectivity index (χ3n) is 4.82. The second kappa shape index (κ2) is 10.0. The summed E-state index contributed by atoms with van der Waals surface area (Å²) in [6, 6.07) is 7.65. The molecular formula is C23H26FN3O3. The molecule has 1 amide bonds. The van der Waals surface area contributed by atoms with Crippen LogP contribution in [0.15, 0.2) is 42.7 Å². The van der Waals surface area contributed by atoms with Gasteiger partial charge in [0.1, 0.15) is 11.3 Å². The van der Waals surface area contributed by atoms with Crippen molar-refractivity contribution in [3.63, 3.8) is 0 Å². The summed E-state index contributed by atoms with van der Waals surface area (Å²) in [6.45, 7) is 4.62. The largest absolute Gasteiger partial charge is 0.493 e. The average molecular weight is 411 g/mol. The van der Waals surface area contributed by atoms with Crippen LogP contribution >= 0.6 is 0 Å². The van der Waals surface area contributed by atoms with Crippen molar-refractivity contribution in [1.29, 1.82) is 0 Å². The summed E-state index contributed by atoms with van der Waals surface area (Å²) in [5.74, 6) is 0.313. The number of unbranched alkanes of at least 4 members (excludes halogenated alkanes) is 2. The van der Waals surface area contributed by atoms with Gasteiger partial charge in [0, 0.05) is 18.5 Å². The maximum atomic E-state index is 13.9. The molecule has 0 bridgehead atoms. The standard InChI is InChI=1S/C23H26FN3O3/c1-4-5-6-11-30-20-8-7-16(12-21(20)29-3)15(2)27-23(28)18-13-17(24)14-19-22(18)26-10-9-25-19/h7-10,12-15H,4-6,11H2,1-3H3,(H,27,28). The van der Waals surface area contributed by atoms with Crippen molar-refractivity contribution in [2.75, 3.05) is 13.7 Å². The van der Waals surface area contributed by atoms with Crippen molar-refractivity contribution >= 4 is 16.9 Å². The van der Waals surface area contributed by atoms with Gasteiger partial charge in [-0.15, -0.1) is 0 Å². The van der Waals surface area contributed by atoms with E-state index in [1.54, 1.807) is 7.11 Å². The van der Waals surface area contributed by atoms with Crippen LogP contribution in [0.4, 0.5) is 4.39 Å². The lowest BCUT2D eigenvalue weighted by molar-refractivity contribution is 0.0941. The number of aromatic nitrogens is 2. The number of methoxy groups -OCH3 is 1. The second-order valence-electron chi connectivity index (χ2n) is 7.04. The Hall–Kier alpha value is -3.22. The number of benzene rings is 2. The minimum atomic E-state index is -0.535. The van der Waals surface area contributed by atoms with E-state index in [-0.39, 0.29) is 11.6 Å². The Bertz CT molecular complexity index is 1030. The molecule has 1 N–H and O–H groups in total. The van der Waals surface area contributed by atoms with Gasteiger partial charge in [0.15, 0.2) is 11.5 Å². The van der Waals surface area contributed by atoms with Crippen LogP contribution in [0.5, 0.6) is 11.5 Å². The van der Waals surface area contributed by atoms with Crippen LogP contribution in [-0.4, -0.2) is 29.6 Å². The number of nitrogens with zero attached hydrogens (tertiary/aromatic N) is 2. The third-order valence-corrected chi connectivity index (χ3v) is 4.82. The van der Waals surface area contributed by atoms with E-state index in [1.165, 1.54) is 24.5 Å². The first-order valence-corrected chi connectivity index (χ1v) is 10.0. The predicted molar refractivity (Wildman–Crippen MR) is 113 cm³/mol. The highest BCUT2D eigenvalue weighted by Crippen LogP contribution is 2.31. The molecule has 6 nitrogen and oxygen atoms in total. The number of hydrogen-bond acceptors (Lipinski definition) is 5. The molecule has 0 aliphatic heterocycles. The molecule has 0 fully saturated rings. The molecule has 1 unspecified atom stereocenters. The summed E-state index contributed by atoms with van der Waals surface area (Å²) in [6.07, 6.45) is 6.17. The van der Waals surface area contributed by atoms with Gasteiger partial charge in [-0.05, 0) is 37.1 Å². The fourth-order valence-electron chi connectivity index (χ4n) is 3.18. The topological polar surface area (TPSA) is 73.3 Å². The van der Waals surface area contributed by atoms with Crippen LogP contribution in [0.1, 0.15) is 55.1 Å². The molecule has 0 aliphatic rings.